The Morgan fingerprint density at radius 2 is 2.33 bits per heavy atom. The molecule has 0 amide bonds. The van der Waals surface area contributed by atoms with E-state index in [0.29, 0.717) is 12.3 Å². The van der Waals surface area contributed by atoms with Gasteiger partial charge >= 0.3 is 0 Å². The van der Waals surface area contributed by atoms with Crippen LogP contribution in [0.3, 0.4) is 0 Å². The van der Waals surface area contributed by atoms with Gasteiger partial charge < -0.3 is 5.32 Å². The smallest absolute Gasteiger partial charge is 0.0625 e. The maximum atomic E-state index is 8.26. The van der Waals surface area contributed by atoms with E-state index in [2.05, 4.69) is 25.2 Å². The minimum Gasteiger partial charge on any atom is -0.317 e. The molecule has 0 saturated heterocycles. The summed E-state index contributed by atoms with van der Waals surface area (Å²) in [5.41, 5.74) is 0. The number of hydrogen-bond acceptors (Lipinski definition) is 2. The topological polar surface area (TPSA) is 35.8 Å². The Labute approximate surface area is 56.9 Å². The first-order chi connectivity index (χ1) is 4.31. The van der Waals surface area contributed by atoms with Gasteiger partial charge in [-0.05, 0) is 19.0 Å². The average Bonchev–Trinajstić information content (AvgIpc) is 1.85. The summed E-state index contributed by atoms with van der Waals surface area (Å²) < 4.78 is 0. The zero-order chi connectivity index (χ0) is 7.11. The number of nitrogens with zero attached hydrogens (tertiary/aromatic N) is 1. The van der Waals surface area contributed by atoms with Gasteiger partial charge in [-0.15, -0.1) is 0 Å². The van der Waals surface area contributed by atoms with E-state index in [-0.39, 0.29) is 0 Å². The van der Waals surface area contributed by atoms with Gasteiger partial charge in [0.25, 0.3) is 0 Å². The Balaban J connectivity index is 3.08. The van der Waals surface area contributed by atoms with Gasteiger partial charge in [-0.25, -0.2) is 0 Å². The maximum Gasteiger partial charge on any atom is 0.0625 e. The van der Waals surface area contributed by atoms with Crippen LogP contribution in [0.2, 0.25) is 0 Å². The second kappa shape index (κ2) is 5.58. The molecule has 0 aromatic heterocycles. The summed E-state index contributed by atoms with van der Waals surface area (Å²) >= 11 is 0. The first-order valence-electron chi connectivity index (χ1n) is 3.39. The van der Waals surface area contributed by atoms with Crippen LogP contribution >= 0.6 is 0 Å². The summed E-state index contributed by atoms with van der Waals surface area (Å²) in [5, 5.41) is 11.4. The third-order valence-corrected chi connectivity index (χ3v) is 1.18. The molecule has 0 aromatic carbocycles. The minimum absolute atomic E-state index is 0.495. The molecule has 1 unspecified atom stereocenters. The van der Waals surface area contributed by atoms with Crippen molar-refractivity contribution in [2.75, 3.05) is 13.1 Å². The van der Waals surface area contributed by atoms with Gasteiger partial charge in [0.15, 0.2) is 0 Å². The Kier molecular flexibility index (Phi) is 5.24. The number of nitriles is 1. The van der Waals surface area contributed by atoms with Crippen LogP contribution in [0.25, 0.3) is 0 Å². The normalized spacial score (nSPS) is 12.6. The first-order valence-corrected chi connectivity index (χ1v) is 3.39. The van der Waals surface area contributed by atoms with Crippen LogP contribution in [-0.2, 0) is 0 Å². The summed E-state index contributed by atoms with van der Waals surface area (Å²) in [5.74, 6) is 0.495. The van der Waals surface area contributed by atoms with Gasteiger partial charge in [0.1, 0.15) is 0 Å². The molecule has 0 rings (SSSR count). The van der Waals surface area contributed by atoms with Crippen LogP contribution in [0.15, 0.2) is 0 Å². The van der Waals surface area contributed by atoms with Crippen LogP contribution in [0.5, 0.6) is 0 Å². The van der Waals surface area contributed by atoms with Crippen LogP contribution in [0.4, 0.5) is 0 Å². The Morgan fingerprint density at radius 1 is 1.67 bits per heavy atom. The second-order valence-electron chi connectivity index (χ2n) is 2.28. The largest absolute Gasteiger partial charge is 0.317 e. The molecule has 2 nitrogen and oxygen atoms in total. The van der Waals surface area contributed by atoms with E-state index in [4.69, 9.17) is 5.26 Å². The molecule has 1 N–H and O–H groups in total. The lowest BCUT2D eigenvalue weighted by Gasteiger charge is -2.05. The zero-order valence-electron chi connectivity index (χ0n) is 6.15. The molecule has 0 heterocycles. The van der Waals surface area contributed by atoms with Gasteiger partial charge in [0, 0.05) is 6.42 Å². The van der Waals surface area contributed by atoms with Crippen molar-refractivity contribution < 1.29 is 0 Å². The molecule has 0 saturated carbocycles. The lowest BCUT2D eigenvalue weighted by atomic mass is 10.1. The summed E-state index contributed by atoms with van der Waals surface area (Å²) in [7, 11) is 0. The van der Waals surface area contributed by atoms with E-state index in [1.165, 1.54) is 0 Å². The molecule has 0 spiro atoms. The van der Waals surface area contributed by atoms with E-state index in [1.54, 1.807) is 0 Å². The maximum absolute atomic E-state index is 8.26. The molecular weight excluding hydrogens is 112 g/mol. The molecule has 0 fully saturated rings. The van der Waals surface area contributed by atoms with Crippen molar-refractivity contribution in [3.63, 3.8) is 0 Å². The average molecular weight is 126 g/mol. The van der Waals surface area contributed by atoms with Crippen molar-refractivity contribution in [1.82, 2.24) is 5.32 Å². The molecule has 0 aliphatic heterocycles. The molecule has 0 bridgehead atoms. The highest BCUT2D eigenvalue weighted by Crippen LogP contribution is 1.96. The van der Waals surface area contributed by atoms with Crippen molar-refractivity contribution in [1.29, 1.82) is 5.26 Å². The van der Waals surface area contributed by atoms with Crippen molar-refractivity contribution in [2.24, 2.45) is 5.92 Å². The summed E-state index contributed by atoms with van der Waals surface area (Å²) in [6.45, 7) is 6.10. The lowest BCUT2D eigenvalue weighted by Crippen LogP contribution is -2.20. The molecule has 0 radical (unpaired) electrons. The fourth-order valence-electron chi connectivity index (χ4n) is 0.619. The van der Waals surface area contributed by atoms with Crippen LogP contribution < -0.4 is 5.32 Å². The summed E-state index contributed by atoms with van der Waals surface area (Å²) in [6, 6.07) is 2.14. The van der Waals surface area contributed by atoms with Crippen LogP contribution in [0.1, 0.15) is 20.3 Å². The van der Waals surface area contributed by atoms with Gasteiger partial charge in [0.05, 0.1) is 6.07 Å². The molecule has 9 heavy (non-hydrogen) atoms. The fraction of sp³-hybridized carbons (Fsp3) is 0.857. The quantitative estimate of drug-likeness (QED) is 0.613. The predicted molar refractivity (Wildman–Crippen MR) is 37.9 cm³/mol. The van der Waals surface area contributed by atoms with Crippen molar-refractivity contribution in [3.8, 4) is 6.07 Å². The van der Waals surface area contributed by atoms with Crippen LogP contribution in [0, 0.1) is 17.2 Å². The highest BCUT2D eigenvalue weighted by Gasteiger charge is 1.97. The molecule has 2 heteroatoms. The highest BCUT2D eigenvalue weighted by molar-refractivity contribution is 4.73. The lowest BCUT2D eigenvalue weighted by molar-refractivity contribution is 0.534. The van der Waals surface area contributed by atoms with Crippen molar-refractivity contribution in [3.05, 3.63) is 0 Å². The Hall–Kier alpha value is -0.550. The number of nitrogens with one attached hydrogen (secondary N) is 1. The molecule has 52 valence electrons. The standard InChI is InChI=1S/C7H14N2/c1-3-9-6-7(2)4-5-8/h7,9H,3-4,6H2,1-2H3. The second-order valence-corrected chi connectivity index (χ2v) is 2.28. The minimum atomic E-state index is 0.495. The van der Waals surface area contributed by atoms with E-state index in [9.17, 15) is 0 Å². The molecule has 0 aliphatic rings. The summed E-state index contributed by atoms with van der Waals surface area (Å²) in [4.78, 5) is 0. The monoisotopic (exact) mass is 126 g/mol. The van der Waals surface area contributed by atoms with E-state index in [1.807, 2.05) is 0 Å². The summed E-state index contributed by atoms with van der Waals surface area (Å²) in [6.07, 6.45) is 0.660. The molecule has 0 aromatic rings. The van der Waals surface area contributed by atoms with E-state index >= 15 is 0 Å². The van der Waals surface area contributed by atoms with Gasteiger partial charge in [-0.3, -0.25) is 0 Å². The first kappa shape index (κ1) is 8.45. The number of hydrogen-bond donors (Lipinski definition) is 1. The van der Waals surface area contributed by atoms with Crippen LogP contribution in [-0.4, -0.2) is 13.1 Å². The van der Waals surface area contributed by atoms with E-state index < -0.39 is 0 Å². The fourth-order valence-corrected chi connectivity index (χ4v) is 0.619. The Morgan fingerprint density at radius 3 is 2.78 bits per heavy atom. The Bertz CT molecular complexity index is 93.6. The van der Waals surface area contributed by atoms with Crippen molar-refractivity contribution >= 4 is 0 Å². The van der Waals surface area contributed by atoms with Gasteiger partial charge in [-0.1, -0.05) is 13.8 Å². The zero-order valence-corrected chi connectivity index (χ0v) is 6.15. The molecule has 0 aliphatic carbocycles. The molecule has 1 atom stereocenters. The number of rotatable bonds is 4. The highest BCUT2D eigenvalue weighted by atomic mass is 14.8. The third-order valence-electron chi connectivity index (χ3n) is 1.18. The van der Waals surface area contributed by atoms with Gasteiger partial charge in [0.2, 0.25) is 0 Å². The molecular formula is C7H14N2. The van der Waals surface area contributed by atoms with Gasteiger partial charge in [-0.2, -0.15) is 5.26 Å². The van der Waals surface area contributed by atoms with Crippen molar-refractivity contribution in [2.45, 2.75) is 20.3 Å². The van der Waals surface area contributed by atoms with E-state index in [0.717, 1.165) is 13.1 Å². The third kappa shape index (κ3) is 5.32. The predicted octanol–water partition coefficient (Wildman–Crippen LogP) is 1.15. The SMILES string of the molecule is CCNCC(C)CC#N.